The molecule has 138 valence electrons. The van der Waals surface area contributed by atoms with Crippen molar-refractivity contribution in [3.63, 3.8) is 0 Å². The van der Waals surface area contributed by atoms with Crippen LogP contribution < -0.4 is 15.4 Å². The van der Waals surface area contributed by atoms with E-state index >= 15 is 0 Å². The summed E-state index contributed by atoms with van der Waals surface area (Å²) in [7, 11) is 1.64. The van der Waals surface area contributed by atoms with E-state index in [0.29, 0.717) is 24.6 Å². The normalized spacial score (nSPS) is 10.3. The van der Waals surface area contributed by atoms with Gasteiger partial charge in [0.1, 0.15) is 5.75 Å². The molecule has 6 nitrogen and oxygen atoms in total. The van der Waals surface area contributed by atoms with Gasteiger partial charge in [-0.2, -0.15) is 0 Å². The molecule has 1 aromatic heterocycles. The van der Waals surface area contributed by atoms with Gasteiger partial charge < -0.3 is 15.4 Å². The van der Waals surface area contributed by atoms with E-state index in [1.54, 1.807) is 7.11 Å². The molecule has 0 aliphatic heterocycles. The van der Waals surface area contributed by atoms with Gasteiger partial charge in [0.15, 0.2) is 0 Å². The fraction of sp³-hybridized carbons (Fsp3) is 0.190. The Hall–Kier alpha value is -3.41. The van der Waals surface area contributed by atoms with E-state index in [1.165, 1.54) is 12.4 Å². The molecule has 0 saturated carbocycles. The van der Waals surface area contributed by atoms with Crippen molar-refractivity contribution in [3.8, 4) is 5.75 Å². The minimum Gasteiger partial charge on any atom is -0.497 e. The molecule has 0 radical (unpaired) electrons. The Bertz CT molecular complexity index is 867. The number of nitrogens with zero attached hydrogens (tertiary/aromatic N) is 2. The number of ether oxygens (including phenoxy) is 1. The number of carbonyl (C=O) groups is 1. The number of amides is 1. The van der Waals surface area contributed by atoms with Gasteiger partial charge in [0.05, 0.1) is 12.7 Å². The quantitative estimate of drug-likeness (QED) is 0.644. The standard InChI is InChI=1S/C21H22N4O2/c1-27-19-9-5-8-16(12-19)10-11-22-20(26)18-14-24-21(25-15-18)23-13-17-6-3-2-4-7-17/h2-9,12,14-15H,10-11,13H2,1H3,(H,22,26)(H,23,24,25). The van der Waals surface area contributed by atoms with Crippen molar-refractivity contribution >= 4 is 11.9 Å². The fourth-order valence-electron chi connectivity index (χ4n) is 2.56. The number of carbonyl (C=O) groups excluding carboxylic acids is 1. The van der Waals surface area contributed by atoms with Crippen molar-refractivity contribution in [2.24, 2.45) is 0 Å². The SMILES string of the molecule is COc1cccc(CCNC(=O)c2cnc(NCc3ccccc3)nc2)c1. The van der Waals surface area contributed by atoms with Crippen LogP contribution in [0.15, 0.2) is 67.0 Å². The lowest BCUT2D eigenvalue weighted by Gasteiger charge is -2.08. The number of hydrogen-bond donors (Lipinski definition) is 2. The van der Waals surface area contributed by atoms with Gasteiger partial charge in [-0.15, -0.1) is 0 Å². The maximum atomic E-state index is 12.2. The van der Waals surface area contributed by atoms with Crippen LogP contribution in [0.5, 0.6) is 5.75 Å². The van der Waals surface area contributed by atoms with Crippen LogP contribution in [-0.4, -0.2) is 29.5 Å². The summed E-state index contributed by atoms with van der Waals surface area (Å²) in [6.45, 7) is 1.16. The molecular formula is C21H22N4O2. The summed E-state index contributed by atoms with van der Waals surface area (Å²) in [6, 6.07) is 17.8. The van der Waals surface area contributed by atoms with Gasteiger partial charge in [-0.25, -0.2) is 9.97 Å². The van der Waals surface area contributed by atoms with Crippen molar-refractivity contribution in [1.82, 2.24) is 15.3 Å². The first-order chi connectivity index (χ1) is 13.2. The van der Waals surface area contributed by atoms with Crippen LogP contribution in [0, 0.1) is 0 Å². The van der Waals surface area contributed by atoms with Crippen molar-refractivity contribution in [1.29, 1.82) is 0 Å². The molecule has 0 aliphatic carbocycles. The van der Waals surface area contributed by atoms with E-state index in [-0.39, 0.29) is 5.91 Å². The predicted molar refractivity (Wildman–Crippen MR) is 105 cm³/mol. The molecule has 0 saturated heterocycles. The first-order valence-electron chi connectivity index (χ1n) is 8.75. The third-order valence-corrected chi connectivity index (χ3v) is 4.04. The second-order valence-electron chi connectivity index (χ2n) is 5.99. The molecule has 3 aromatic rings. The summed E-state index contributed by atoms with van der Waals surface area (Å²) >= 11 is 0. The van der Waals surface area contributed by atoms with Crippen LogP contribution in [0.1, 0.15) is 21.5 Å². The number of nitrogens with one attached hydrogen (secondary N) is 2. The lowest BCUT2D eigenvalue weighted by Crippen LogP contribution is -2.26. The molecule has 0 spiro atoms. The Kier molecular flexibility index (Phi) is 6.35. The van der Waals surface area contributed by atoms with Crippen LogP contribution >= 0.6 is 0 Å². The first kappa shape index (κ1) is 18.4. The van der Waals surface area contributed by atoms with Gasteiger partial charge in [-0.1, -0.05) is 42.5 Å². The van der Waals surface area contributed by atoms with Crippen LogP contribution in [0.4, 0.5) is 5.95 Å². The number of aromatic nitrogens is 2. The summed E-state index contributed by atoms with van der Waals surface area (Å²) < 4.78 is 5.20. The predicted octanol–water partition coefficient (Wildman–Crippen LogP) is 3.07. The summed E-state index contributed by atoms with van der Waals surface area (Å²) in [5.41, 5.74) is 2.68. The van der Waals surface area contributed by atoms with Gasteiger partial charge in [0, 0.05) is 25.5 Å². The zero-order valence-electron chi connectivity index (χ0n) is 15.2. The average Bonchev–Trinajstić information content (AvgIpc) is 2.73. The van der Waals surface area contributed by atoms with E-state index in [2.05, 4.69) is 20.6 Å². The Balaban J connectivity index is 1.47. The average molecular weight is 362 g/mol. The molecular weight excluding hydrogens is 340 g/mol. The first-order valence-corrected chi connectivity index (χ1v) is 8.75. The smallest absolute Gasteiger partial charge is 0.254 e. The third-order valence-electron chi connectivity index (χ3n) is 4.04. The van der Waals surface area contributed by atoms with E-state index in [0.717, 1.165) is 23.3 Å². The maximum absolute atomic E-state index is 12.2. The molecule has 0 unspecified atom stereocenters. The Morgan fingerprint density at radius 1 is 1.00 bits per heavy atom. The molecule has 1 heterocycles. The van der Waals surface area contributed by atoms with Crippen molar-refractivity contribution in [2.75, 3.05) is 19.0 Å². The molecule has 2 aromatic carbocycles. The zero-order valence-corrected chi connectivity index (χ0v) is 15.2. The maximum Gasteiger partial charge on any atom is 0.254 e. The lowest BCUT2D eigenvalue weighted by atomic mass is 10.1. The topological polar surface area (TPSA) is 76.1 Å². The summed E-state index contributed by atoms with van der Waals surface area (Å²) in [6.07, 6.45) is 3.78. The molecule has 3 rings (SSSR count). The molecule has 0 atom stereocenters. The summed E-state index contributed by atoms with van der Waals surface area (Å²) in [5, 5.41) is 6.02. The fourth-order valence-corrected chi connectivity index (χ4v) is 2.56. The van der Waals surface area contributed by atoms with Crippen molar-refractivity contribution < 1.29 is 9.53 Å². The lowest BCUT2D eigenvalue weighted by molar-refractivity contribution is 0.0953. The van der Waals surface area contributed by atoms with Crippen molar-refractivity contribution in [2.45, 2.75) is 13.0 Å². The number of benzene rings is 2. The van der Waals surface area contributed by atoms with E-state index in [4.69, 9.17) is 4.74 Å². The monoisotopic (exact) mass is 362 g/mol. The number of methoxy groups -OCH3 is 1. The largest absolute Gasteiger partial charge is 0.497 e. The van der Waals surface area contributed by atoms with Gasteiger partial charge >= 0.3 is 0 Å². The molecule has 0 bridgehead atoms. The van der Waals surface area contributed by atoms with Crippen LogP contribution in [0.3, 0.4) is 0 Å². The third kappa shape index (κ3) is 5.54. The molecule has 1 amide bonds. The molecule has 0 aliphatic rings. The highest BCUT2D eigenvalue weighted by molar-refractivity contribution is 5.93. The Morgan fingerprint density at radius 3 is 2.48 bits per heavy atom. The second kappa shape index (κ2) is 9.33. The Morgan fingerprint density at radius 2 is 1.74 bits per heavy atom. The van der Waals surface area contributed by atoms with Crippen LogP contribution in [0.25, 0.3) is 0 Å². The minimum atomic E-state index is -0.187. The van der Waals surface area contributed by atoms with Gasteiger partial charge in [-0.05, 0) is 29.7 Å². The second-order valence-corrected chi connectivity index (χ2v) is 5.99. The van der Waals surface area contributed by atoms with Gasteiger partial charge in [-0.3, -0.25) is 4.79 Å². The highest BCUT2D eigenvalue weighted by Crippen LogP contribution is 2.12. The molecule has 2 N–H and O–H groups in total. The Labute approximate surface area is 158 Å². The van der Waals surface area contributed by atoms with Crippen LogP contribution in [-0.2, 0) is 13.0 Å². The highest BCUT2D eigenvalue weighted by Gasteiger charge is 2.07. The highest BCUT2D eigenvalue weighted by atomic mass is 16.5. The van der Waals surface area contributed by atoms with Crippen LogP contribution in [0.2, 0.25) is 0 Å². The molecule has 27 heavy (non-hydrogen) atoms. The number of hydrogen-bond acceptors (Lipinski definition) is 5. The number of anilines is 1. The minimum absolute atomic E-state index is 0.187. The molecule has 6 heteroatoms. The van der Waals surface area contributed by atoms with Crippen molar-refractivity contribution in [3.05, 3.63) is 83.7 Å². The van der Waals surface area contributed by atoms with Gasteiger partial charge in [0.2, 0.25) is 5.95 Å². The van der Waals surface area contributed by atoms with Gasteiger partial charge in [0.25, 0.3) is 5.91 Å². The summed E-state index contributed by atoms with van der Waals surface area (Å²) in [4.78, 5) is 20.6. The number of rotatable bonds is 8. The molecule has 0 fully saturated rings. The van der Waals surface area contributed by atoms with E-state index < -0.39 is 0 Å². The zero-order chi connectivity index (χ0) is 18.9. The summed E-state index contributed by atoms with van der Waals surface area (Å²) in [5.74, 6) is 1.12. The van der Waals surface area contributed by atoms with E-state index in [9.17, 15) is 4.79 Å². The van der Waals surface area contributed by atoms with E-state index in [1.807, 2.05) is 54.6 Å².